The molecule has 0 fully saturated rings. The van der Waals surface area contributed by atoms with Crippen LogP contribution in [-0.2, 0) is 5.75 Å². The number of aromatic nitrogens is 4. The van der Waals surface area contributed by atoms with Crippen molar-refractivity contribution >= 4 is 44.8 Å². The molecule has 0 aliphatic heterocycles. The van der Waals surface area contributed by atoms with Gasteiger partial charge in [-0.15, -0.1) is 11.3 Å². The van der Waals surface area contributed by atoms with E-state index in [1.807, 2.05) is 46.4 Å². The molecule has 0 unspecified atom stereocenters. The maximum absolute atomic E-state index is 5.95. The van der Waals surface area contributed by atoms with Crippen molar-refractivity contribution < 1.29 is 0 Å². The van der Waals surface area contributed by atoms with Gasteiger partial charge < -0.3 is 10.1 Å². The molecule has 0 saturated heterocycles. The van der Waals surface area contributed by atoms with Crippen LogP contribution in [0.4, 0.5) is 5.82 Å². The van der Waals surface area contributed by atoms with Gasteiger partial charge in [-0.05, 0) is 23.6 Å². The second kappa shape index (κ2) is 5.01. The molecule has 0 atom stereocenters. The van der Waals surface area contributed by atoms with Crippen LogP contribution < -0.4 is 5.73 Å². The summed E-state index contributed by atoms with van der Waals surface area (Å²) in [5, 5.41) is 3.60. The molecule has 0 bridgehead atoms. The van der Waals surface area contributed by atoms with E-state index in [0.29, 0.717) is 11.0 Å². The Bertz CT molecular complexity index is 894. The highest BCUT2D eigenvalue weighted by atomic mass is 32.2. The maximum Gasteiger partial charge on any atom is 0.191 e. The number of rotatable bonds is 3. The summed E-state index contributed by atoms with van der Waals surface area (Å²) in [5.41, 5.74) is 7.90. The Kier molecular flexibility index (Phi) is 3.01. The molecule has 0 spiro atoms. The third kappa shape index (κ3) is 2.34. The fourth-order valence-corrected chi connectivity index (χ4v) is 3.68. The van der Waals surface area contributed by atoms with Crippen LogP contribution in [0.2, 0.25) is 0 Å². The largest absolute Gasteiger partial charge is 0.383 e. The van der Waals surface area contributed by atoms with Crippen molar-refractivity contribution in [1.82, 2.24) is 19.4 Å². The molecule has 0 aliphatic carbocycles. The lowest BCUT2D eigenvalue weighted by Gasteiger charge is -2.00. The van der Waals surface area contributed by atoms with Crippen molar-refractivity contribution in [2.24, 2.45) is 0 Å². The van der Waals surface area contributed by atoms with E-state index in [2.05, 4.69) is 15.0 Å². The van der Waals surface area contributed by atoms with Gasteiger partial charge in [0.15, 0.2) is 5.16 Å². The Balaban J connectivity index is 1.59. The van der Waals surface area contributed by atoms with Gasteiger partial charge in [-0.25, -0.2) is 15.0 Å². The Hall–Kier alpha value is -2.12. The molecule has 4 aromatic heterocycles. The molecule has 21 heavy (non-hydrogen) atoms. The normalized spacial score (nSPS) is 11.4. The topological polar surface area (TPSA) is 69.1 Å². The van der Waals surface area contributed by atoms with Gasteiger partial charge in [-0.1, -0.05) is 17.8 Å². The number of imidazole rings is 1. The van der Waals surface area contributed by atoms with Gasteiger partial charge >= 0.3 is 0 Å². The van der Waals surface area contributed by atoms with Crippen molar-refractivity contribution in [3.63, 3.8) is 0 Å². The van der Waals surface area contributed by atoms with Crippen LogP contribution in [0.25, 0.3) is 15.9 Å². The number of hydrogen-bond acceptors (Lipinski definition) is 6. The number of nitrogens with zero attached hydrogens (tertiary/aromatic N) is 4. The number of hydrogen-bond donors (Lipinski definition) is 1. The third-order valence-electron chi connectivity index (χ3n) is 3.10. The van der Waals surface area contributed by atoms with Gasteiger partial charge in [0, 0.05) is 18.1 Å². The molecule has 104 valence electrons. The molecule has 0 aromatic carbocycles. The van der Waals surface area contributed by atoms with Crippen molar-refractivity contribution in [3.8, 4) is 0 Å². The number of nitrogens with two attached hydrogens (primary N) is 1. The van der Waals surface area contributed by atoms with E-state index in [9.17, 15) is 0 Å². The minimum atomic E-state index is 0.541. The van der Waals surface area contributed by atoms with Gasteiger partial charge in [0.25, 0.3) is 0 Å². The Morgan fingerprint density at radius 2 is 2.14 bits per heavy atom. The van der Waals surface area contributed by atoms with E-state index in [4.69, 9.17) is 5.73 Å². The summed E-state index contributed by atoms with van der Waals surface area (Å²) in [6.45, 7) is 0. The van der Waals surface area contributed by atoms with E-state index in [1.54, 1.807) is 23.1 Å². The monoisotopic (exact) mass is 313 g/mol. The summed E-state index contributed by atoms with van der Waals surface area (Å²) in [7, 11) is 0. The van der Waals surface area contributed by atoms with Crippen LogP contribution in [0, 0.1) is 0 Å². The SMILES string of the molecule is Nc1nc(SCc2cn3ccccc3n2)nc2sccc12. The molecular formula is C14H11N5S2. The summed E-state index contributed by atoms with van der Waals surface area (Å²) >= 11 is 3.13. The highest BCUT2D eigenvalue weighted by Crippen LogP contribution is 2.27. The number of anilines is 1. The van der Waals surface area contributed by atoms with Crippen LogP contribution in [0.5, 0.6) is 0 Å². The average molecular weight is 313 g/mol. The zero-order chi connectivity index (χ0) is 14.2. The summed E-state index contributed by atoms with van der Waals surface area (Å²) in [6.07, 6.45) is 4.01. The second-order valence-electron chi connectivity index (χ2n) is 4.52. The summed E-state index contributed by atoms with van der Waals surface area (Å²) in [6, 6.07) is 7.90. The zero-order valence-corrected chi connectivity index (χ0v) is 12.6. The van der Waals surface area contributed by atoms with Gasteiger partial charge in [0.1, 0.15) is 16.3 Å². The fourth-order valence-electron chi connectivity index (χ4n) is 2.12. The first-order valence-corrected chi connectivity index (χ1v) is 8.22. The predicted molar refractivity (Wildman–Crippen MR) is 86.6 cm³/mol. The highest BCUT2D eigenvalue weighted by molar-refractivity contribution is 7.98. The van der Waals surface area contributed by atoms with Crippen LogP contribution in [0.15, 0.2) is 47.2 Å². The quantitative estimate of drug-likeness (QED) is 0.464. The van der Waals surface area contributed by atoms with Crippen LogP contribution in [0.3, 0.4) is 0 Å². The highest BCUT2D eigenvalue weighted by Gasteiger charge is 2.08. The van der Waals surface area contributed by atoms with E-state index < -0.39 is 0 Å². The number of thiophene rings is 1. The average Bonchev–Trinajstić information content (AvgIpc) is 3.11. The Morgan fingerprint density at radius 1 is 1.19 bits per heavy atom. The first-order chi connectivity index (χ1) is 10.3. The lowest BCUT2D eigenvalue weighted by atomic mass is 10.4. The molecule has 7 heteroatoms. The van der Waals surface area contributed by atoms with E-state index in [0.717, 1.165) is 27.3 Å². The number of fused-ring (bicyclic) bond motifs is 2. The first kappa shape index (κ1) is 12.6. The van der Waals surface area contributed by atoms with Gasteiger partial charge in [0.05, 0.1) is 11.1 Å². The number of thioether (sulfide) groups is 1. The van der Waals surface area contributed by atoms with Crippen molar-refractivity contribution in [1.29, 1.82) is 0 Å². The molecule has 0 aliphatic rings. The third-order valence-corrected chi connectivity index (χ3v) is 4.78. The summed E-state index contributed by atoms with van der Waals surface area (Å²) < 4.78 is 2.01. The van der Waals surface area contributed by atoms with E-state index in [1.165, 1.54) is 0 Å². The van der Waals surface area contributed by atoms with Gasteiger partial charge in [0.2, 0.25) is 0 Å². The molecule has 0 radical (unpaired) electrons. The zero-order valence-electron chi connectivity index (χ0n) is 10.9. The molecule has 0 saturated carbocycles. The Morgan fingerprint density at radius 3 is 3.05 bits per heavy atom. The van der Waals surface area contributed by atoms with Crippen LogP contribution >= 0.6 is 23.1 Å². The van der Waals surface area contributed by atoms with Crippen molar-refractivity contribution in [3.05, 3.63) is 47.7 Å². The lowest BCUT2D eigenvalue weighted by Crippen LogP contribution is -1.95. The van der Waals surface area contributed by atoms with Crippen LogP contribution in [0.1, 0.15) is 5.69 Å². The molecular weight excluding hydrogens is 302 g/mol. The smallest absolute Gasteiger partial charge is 0.191 e. The number of pyridine rings is 1. The van der Waals surface area contributed by atoms with E-state index >= 15 is 0 Å². The molecule has 5 nitrogen and oxygen atoms in total. The molecule has 4 rings (SSSR count). The second-order valence-corrected chi connectivity index (χ2v) is 6.35. The maximum atomic E-state index is 5.95. The minimum absolute atomic E-state index is 0.541. The standard InChI is InChI=1S/C14H11N5S2/c15-12-10-4-6-20-13(10)18-14(17-12)21-8-9-7-19-5-2-1-3-11(19)16-9/h1-7H,8H2,(H2,15,17,18). The predicted octanol–water partition coefficient (Wildman–Crippen LogP) is 3.21. The molecule has 0 amide bonds. The van der Waals surface area contributed by atoms with E-state index in [-0.39, 0.29) is 0 Å². The van der Waals surface area contributed by atoms with Crippen molar-refractivity contribution in [2.45, 2.75) is 10.9 Å². The molecule has 4 aromatic rings. The molecule has 2 N–H and O–H groups in total. The number of nitrogen functional groups attached to an aromatic ring is 1. The van der Waals surface area contributed by atoms with Crippen LogP contribution in [-0.4, -0.2) is 19.4 Å². The van der Waals surface area contributed by atoms with Gasteiger partial charge in [-0.3, -0.25) is 0 Å². The van der Waals surface area contributed by atoms with Crippen molar-refractivity contribution in [2.75, 3.05) is 5.73 Å². The molecule has 4 heterocycles. The van der Waals surface area contributed by atoms with Gasteiger partial charge in [-0.2, -0.15) is 0 Å². The summed E-state index contributed by atoms with van der Waals surface area (Å²) in [5.74, 6) is 1.26. The summed E-state index contributed by atoms with van der Waals surface area (Å²) in [4.78, 5) is 14.4. The minimum Gasteiger partial charge on any atom is -0.383 e. The Labute approximate surface area is 128 Å². The lowest BCUT2D eigenvalue weighted by molar-refractivity contribution is 1.01. The first-order valence-electron chi connectivity index (χ1n) is 6.36. The fraction of sp³-hybridized carbons (Fsp3) is 0.0714.